The molecule has 0 spiro atoms. The van der Waals surface area contributed by atoms with E-state index in [0.717, 1.165) is 11.1 Å². The molecule has 0 saturated carbocycles. The first-order valence-electron chi connectivity index (χ1n) is 6.62. The van der Waals surface area contributed by atoms with Gasteiger partial charge in [0.1, 0.15) is 5.75 Å². The number of rotatable bonds is 4. The van der Waals surface area contributed by atoms with Crippen molar-refractivity contribution in [3.05, 3.63) is 64.7 Å². The number of nitrogens with two attached hydrogens (primary N) is 1. The predicted molar refractivity (Wildman–Crippen MR) is 80.2 cm³/mol. The lowest BCUT2D eigenvalue weighted by molar-refractivity contribution is -0.133. The van der Waals surface area contributed by atoms with Crippen molar-refractivity contribution in [2.45, 2.75) is 20.3 Å². The maximum atomic E-state index is 11.9. The van der Waals surface area contributed by atoms with E-state index >= 15 is 0 Å². The van der Waals surface area contributed by atoms with E-state index in [2.05, 4.69) is 0 Å². The molecule has 0 aliphatic rings. The van der Waals surface area contributed by atoms with Crippen molar-refractivity contribution in [2.75, 3.05) is 0 Å². The number of amides is 1. The highest BCUT2D eigenvalue weighted by Gasteiger charge is 2.08. The summed E-state index contributed by atoms with van der Waals surface area (Å²) in [4.78, 5) is 22.8. The van der Waals surface area contributed by atoms with Crippen LogP contribution in [0.1, 0.15) is 27.0 Å². The lowest BCUT2D eigenvalue weighted by Gasteiger charge is -2.07. The number of ether oxygens (including phenoxy) is 1. The molecule has 0 saturated heterocycles. The van der Waals surface area contributed by atoms with Crippen LogP contribution in [0.5, 0.6) is 5.75 Å². The minimum atomic E-state index is -0.511. The molecule has 0 atom stereocenters. The Labute approximate surface area is 123 Å². The van der Waals surface area contributed by atoms with Crippen molar-refractivity contribution >= 4 is 11.9 Å². The summed E-state index contributed by atoms with van der Waals surface area (Å²) in [6.45, 7) is 4.03. The maximum absolute atomic E-state index is 11.9. The number of carbonyl (C=O) groups excluding carboxylic acids is 2. The normalized spacial score (nSPS) is 10.2. The number of esters is 1. The molecule has 0 heterocycles. The highest BCUT2D eigenvalue weighted by Crippen LogP contribution is 2.14. The molecular formula is C17H17NO3. The van der Waals surface area contributed by atoms with Gasteiger partial charge in [0.2, 0.25) is 5.91 Å². The van der Waals surface area contributed by atoms with Gasteiger partial charge in [-0.25, -0.2) is 0 Å². The summed E-state index contributed by atoms with van der Waals surface area (Å²) < 4.78 is 5.23. The number of hydrogen-bond acceptors (Lipinski definition) is 3. The van der Waals surface area contributed by atoms with Gasteiger partial charge < -0.3 is 10.5 Å². The van der Waals surface area contributed by atoms with Crippen LogP contribution in [0.3, 0.4) is 0 Å². The number of aryl methyl sites for hydroxylation is 2. The van der Waals surface area contributed by atoms with E-state index in [0.29, 0.717) is 11.3 Å². The quantitative estimate of drug-likeness (QED) is 0.692. The van der Waals surface area contributed by atoms with Crippen LogP contribution in [-0.4, -0.2) is 11.9 Å². The van der Waals surface area contributed by atoms with Gasteiger partial charge in [-0.1, -0.05) is 18.2 Å². The van der Waals surface area contributed by atoms with Crippen molar-refractivity contribution in [2.24, 2.45) is 5.73 Å². The Hall–Kier alpha value is -2.62. The number of benzene rings is 2. The SMILES string of the molecule is Cc1ccc(CC(=O)Oc2ccc(C(N)=O)cc2)cc1C. The Morgan fingerprint density at radius 2 is 1.67 bits per heavy atom. The molecule has 0 fully saturated rings. The average molecular weight is 283 g/mol. The Morgan fingerprint density at radius 3 is 2.24 bits per heavy atom. The van der Waals surface area contributed by atoms with Gasteiger partial charge in [-0.15, -0.1) is 0 Å². The lowest BCUT2D eigenvalue weighted by Crippen LogP contribution is -2.13. The Balaban J connectivity index is 2.01. The van der Waals surface area contributed by atoms with Crippen LogP contribution >= 0.6 is 0 Å². The van der Waals surface area contributed by atoms with E-state index < -0.39 is 5.91 Å². The zero-order chi connectivity index (χ0) is 15.4. The van der Waals surface area contributed by atoms with Gasteiger partial charge >= 0.3 is 5.97 Å². The summed E-state index contributed by atoms with van der Waals surface area (Å²) in [6.07, 6.45) is 0.207. The van der Waals surface area contributed by atoms with Crippen molar-refractivity contribution in [1.29, 1.82) is 0 Å². The highest BCUT2D eigenvalue weighted by atomic mass is 16.5. The summed E-state index contributed by atoms with van der Waals surface area (Å²) in [5.41, 5.74) is 8.77. The van der Waals surface area contributed by atoms with Crippen molar-refractivity contribution in [3.8, 4) is 5.75 Å². The summed E-state index contributed by atoms with van der Waals surface area (Å²) in [5.74, 6) is -0.457. The largest absolute Gasteiger partial charge is 0.426 e. The van der Waals surface area contributed by atoms with Crippen LogP contribution in [-0.2, 0) is 11.2 Å². The van der Waals surface area contributed by atoms with Gasteiger partial charge in [0.05, 0.1) is 6.42 Å². The van der Waals surface area contributed by atoms with E-state index in [4.69, 9.17) is 10.5 Å². The molecule has 4 nitrogen and oxygen atoms in total. The fourth-order valence-electron chi connectivity index (χ4n) is 1.93. The van der Waals surface area contributed by atoms with E-state index in [1.54, 1.807) is 12.1 Å². The fraction of sp³-hybridized carbons (Fsp3) is 0.176. The van der Waals surface area contributed by atoms with Crippen molar-refractivity contribution < 1.29 is 14.3 Å². The van der Waals surface area contributed by atoms with Gasteiger partial charge in [-0.05, 0) is 54.8 Å². The zero-order valence-electron chi connectivity index (χ0n) is 12.1. The number of hydrogen-bond donors (Lipinski definition) is 1. The smallest absolute Gasteiger partial charge is 0.315 e. The zero-order valence-corrected chi connectivity index (χ0v) is 12.1. The third kappa shape index (κ3) is 3.92. The molecule has 0 aliphatic carbocycles. The number of primary amides is 1. The molecule has 2 aromatic rings. The van der Waals surface area contributed by atoms with Gasteiger partial charge in [0.25, 0.3) is 0 Å². The van der Waals surface area contributed by atoms with Crippen LogP contribution in [0.4, 0.5) is 0 Å². The van der Waals surface area contributed by atoms with E-state index in [1.165, 1.54) is 17.7 Å². The third-order valence-electron chi connectivity index (χ3n) is 3.29. The van der Waals surface area contributed by atoms with Gasteiger partial charge in [-0.2, -0.15) is 0 Å². The summed E-state index contributed by atoms with van der Waals surface area (Å²) in [5, 5.41) is 0. The number of carbonyl (C=O) groups is 2. The average Bonchev–Trinajstić information content (AvgIpc) is 2.43. The molecule has 0 aromatic heterocycles. The lowest BCUT2D eigenvalue weighted by atomic mass is 10.0. The molecule has 1 amide bonds. The predicted octanol–water partition coefficient (Wildman–Crippen LogP) is 2.55. The molecule has 0 unspecified atom stereocenters. The van der Waals surface area contributed by atoms with Crippen molar-refractivity contribution in [1.82, 2.24) is 0 Å². The second kappa shape index (κ2) is 6.22. The minimum absolute atomic E-state index is 0.207. The molecular weight excluding hydrogens is 266 g/mol. The van der Waals surface area contributed by atoms with Crippen LogP contribution in [0.2, 0.25) is 0 Å². The standard InChI is InChI=1S/C17H17NO3/c1-11-3-4-13(9-12(11)2)10-16(19)21-15-7-5-14(6-8-15)17(18)20/h3-9H,10H2,1-2H3,(H2,18,20). The van der Waals surface area contributed by atoms with Gasteiger partial charge in [0.15, 0.2) is 0 Å². The van der Waals surface area contributed by atoms with Crippen LogP contribution in [0, 0.1) is 13.8 Å². The van der Waals surface area contributed by atoms with E-state index in [1.807, 2.05) is 32.0 Å². The molecule has 0 radical (unpaired) electrons. The van der Waals surface area contributed by atoms with Crippen molar-refractivity contribution in [3.63, 3.8) is 0 Å². The van der Waals surface area contributed by atoms with Gasteiger partial charge in [0, 0.05) is 5.56 Å². The molecule has 0 aliphatic heterocycles. The molecule has 0 bridgehead atoms. The summed E-state index contributed by atoms with van der Waals surface area (Å²) in [7, 11) is 0. The molecule has 108 valence electrons. The topological polar surface area (TPSA) is 69.4 Å². The molecule has 21 heavy (non-hydrogen) atoms. The first-order chi connectivity index (χ1) is 9.95. The molecule has 2 rings (SSSR count). The monoisotopic (exact) mass is 283 g/mol. The van der Waals surface area contributed by atoms with Crippen LogP contribution in [0.15, 0.2) is 42.5 Å². The fourth-order valence-corrected chi connectivity index (χ4v) is 1.93. The minimum Gasteiger partial charge on any atom is -0.426 e. The second-order valence-corrected chi connectivity index (χ2v) is 4.96. The van der Waals surface area contributed by atoms with Gasteiger partial charge in [-0.3, -0.25) is 9.59 Å². The summed E-state index contributed by atoms with van der Waals surface area (Å²) in [6, 6.07) is 12.0. The first-order valence-corrected chi connectivity index (χ1v) is 6.62. The molecule has 4 heteroatoms. The molecule has 2 N–H and O–H groups in total. The van der Waals surface area contributed by atoms with E-state index in [-0.39, 0.29) is 12.4 Å². The van der Waals surface area contributed by atoms with Crippen LogP contribution < -0.4 is 10.5 Å². The Kier molecular flexibility index (Phi) is 4.38. The van der Waals surface area contributed by atoms with Crippen LogP contribution in [0.25, 0.3) is 0 Å². The molecule has 2 aromatic carbocycles. The maximum Gasteiger partial charge on any atom is 0.315 e. The first kappa shape index (κ1) is 14.8. The van der Waals surface area contributed by atoms with E-state index in [9.17, 15) is 9.59 Å². The Bertz CT molecular complexity index is 675. The highest BCUT2D eigenvalue weighted by molar-refractivity contribution is 5.92. The summed E-state index contributed by atoms with van der Waals surface area (Å²) >= 11 is 0. The Morgan fingerprint density at radius 1 is 1.00 bits per heavy atom. The third-order valence-corrected chi connectivity index (χ3v) is 3.29. The second-order valence-electron chi connectivity index (χ2n) is 4.96.